The Kier molecular flexibility index (Phi) is 6.45. The molecule has 0 aliphatic carbocycles. The first-order chi connectivity index (χ1) is 7.77. The molecule has 0 saturated carbocycles. The van der Waals surface area contributed by atoms with Gasteiger partial charge in [-0.3, -0.25) is 0 Å². The zero-order valence-corrected chi connectivity index (χ0v) is 11.3. The van der Waals surface area contributed by atoms with E-state index in [4.69, 9.17) is 9.47 Å². The Labute approximate surface area is 105 Å². The molecular weight excluding hydrogens is 270 g/mol. The van der Waals surface area contributed by atoms with E-state index in [0.717, 1.165) is 29.8 Å². The van der Waals surface area contributed by atoms with E-state index in [1.54, 1.807) is 7.11 Å². The summed E-state index contributed by atoms with van der Waals surface area (Å²) in [4.78, 5) is 0. The van der Waals surface area contributed by atoms with Gasteiger partial charge in [0.2, 0.25) is 0 Å². The Hall–Kier alpha value is -0.580. The number of likely N-dealkylation sites (N-methyl/N-ethyl adjacent to an activating group) is 1. The topological polar surface area (TPSA) is 30.5 Å². The molecular formula is C12H18BrNO2. The maximum absolute atomic E-state index is 5.48. The van der Waals surface area contributed by atoms with Gasteiger partial charge in [0.25, 0.3) is 0 Å². The van der Waals surface area contributed by atoms with Gasteiger partial charge in [-0.05, 0) is 37.2 Å². The molecule has 1 aromatic rings. The van der Waals surface area contributed by atoms with Gasteiger partial charge in [0, 0.05) is 11.0 Å². The average Bonchev–Trinajstić information content (AvgIpc) is 2.29. The van der Waals surface area contributed by atoms with Gasteiger partial charge < -0.3 is 14.8 Å². The summed E-state index contributed by atoms with van der Waals surface area (Å²) < 4.78 is 11.8. The third-order valence-corrected chi connectivity index (χ3v) is 2.75. The van der Waals surface area contributed by atoms with Crippen molar-refractivity contribution in [2.75, 3.05) is 33.9 Å². The van der Waals surface area contributed by atoms with Gasteiger partial charge in [-0.1, -0.05) is 15.9 Å². The van der Waals surface area contributed by atoms with Crippen molar-refractivity contribution in [2.45, 2.75) is 6.42 Å². The first-order valence-electron chi connectivity index (χ1n) is 5.32. The van der Waals surface area contributed by atoms with Crippen molar-refractivity contribution in [2.24, 2.45) is 0 Å². The first kappa shape index (κ1) is 13.5. The fourth-order valence-electron chi connectivity index (χ4n) is 1.40. The molecule has 4 heteroatoms. The van der Waals surface area contributed by atoms with Crippen LogP contribution in [0, 0.1) is 0 Å². The summed E-state index contributed by atoms with van der Waals surface area (Å²) in [5, 5.41) is 3.04. The minimum atomic E-state index is 0.717. The summed E-state index contributed by atoms with van der Waals surface area (Å²) in [6.07, 6.45) is 0.867. The van der Waals surface area contributed by atoms with E-state index in [1.807, 2.05) is 19.2 Å². The van der Waals surface area contributed by atoms with Crippen LogP contribution in [0.2, 0.25) is 0 Å². The van der Waals surface area contributed by atoms with Crippen molar-refractivity contribution in [3.05, 3.63) is 28.2 Å². The number of hydrogen-bond acceptors (Lipinski definition) is 3. The van der Waals surface area contributed by atoms with Crippen molar-refractivity contribution in [3.8, 4) is 5.75 Å². The molecule has 1 aromatic carbocycles. The highest BCUT2D eigenvalue weighted by Gasteiger charge is 2.03. The van der Waals surface area contributed by atoms with Crippen LogP contribution in [-0.2, 0) is 11.2 Å². The van der Waals surface area contributed by atoms with Gasteiger partial charge in [0.15, 0.2) is 0 Å². The number of nitrogens with one attached hydrogen (secondary N) is 1. The fraction of sp³-hybridized carbons (Fsp3) is 0.500. The van der Waals surface area contributed by atoms with Gasteiger partial charge in [0.1, 0.15) is 5.75 Å². The molecule has 0 spiro atoms. The summed E-state index contributed by atoms with van der Waals surface area (Å²) >= 11 is 3.45. The van der Waals surface area contributed by atoms with E-state index in [9.17, 15) is 0 Å². The summed E-state index contributed by atoms with van der Waals surface area (Å²) in [5.74, 6) is 0.917. The quantitative estimate of drug-likeness (QED) is 0.781. The third-order valence-electron chi connectivity index (χ3n) is 2.25. The highest BCUT2D eigenvalue weighted by molar-refractivity contribution is 9.10. The summed E-state index contributed by atoms with van der Waals surface area (Å²) in [7, 11) is 3.61. The van der Waals surface area contributed by atoms with Gasteiger partial charge in [-0.15, -0.1) is 0 Å². The second kappa shape index (κ2) is 7.65. The molecule has 0 aliphatic heterocycles. The predicted molar refractivity (Wildman–Crippen MR) is 69.1 cm³/mol. The van der Waals surface area contributed by atoms with Crippen molar-refractivity contribution < 1.29 is 9.47 Å². The molecule has 1 N–H and O–H groups in total. The molecule has 0 bridgehead atoms. The molecule has 3 nitrogen and oxygen atoms in total. The number of methoxy groups -OCH3 is 1. The summed E-state index contributed by atoms with van der Waals surface area (Å²) in [6, 6.07) is 6.01. The van der Waals surface area contributed by atoms with Gasteiger partial charge in [-0.2, -0.15) is 0 Å². The zero-order chi connectivity index (χ0) is 11.8. The van der Waals surface area contributed by atoms with E-state index in [2.05, 4.69) is 27.3 Å². The molecule has 0 atom stereocenters. The summed E-state index contributed by atoms with van der Waals surface area (Å²) in [6.45, 7) is 2.34. The van der Waals surface area contributed by atoms with Crippen LogP contribution in [-0.4, -0.2) is 33.9 Å². The highest BCUT2D eigenvalue weighted by atomic mass is 79.9. The van der Waals surface area contributed by atoms with Crippen LogP contribution in [0.15, 0.2) is 22.7 Å². The van der Waals surface area contributed by atoms with E-state index in [-0.39, 0.29) is 0 Å². The Morgan fingerprint density at radius 1 is 1.31 bits per heavy atom. The SMILES string of the molecule is CNCCOCCc1cc(Br)ccc1OC. The highest BCUT2D eigenvalue weighted by Crippen LogP contribution is 2.23. The zero-order valence-electron chi connectivity index (χ0n) is 9.75. The van der Waals surface area contributed by atoms with Crippen molar-refractivity contribution >= 4 is 15.9 Å². The van der Waals surface area contributed by atoms with Crippen LogP contribution in [0.1, 0.15) is 5.56 Å². The first-order valence-corrected chi connectivity index (χ1v) is 6.12. The molecule has 0 radical (unpaired) electrons. The van der Waals surface area contributed by atoms with E-state index in [0.29, 0.717) is 6.61 Å². The Morgan fingerprint density at radius 3 is 2.81 bits per heavy atom. The number of hydrogen-bond donors (Lipinski definition) is 1. The second-order valence-corrected chi connectivity index (χ2v) is 4.34. The minimum absolute atomic E-state index is 0.717. The van der Waals surface area contributed by atoms with Crippen LogP contribution in [0.4, 0.5) is 0 Å². The third kappa shape index (κ3) is 4.51. The monoisotopic (exact) mass is 287 g/mol. The number of halogens is 1. The molecule has 0 unspecified atom stereocenters. The fourth-order valence-corrected chi connectivity index (χ4v) is 1.81. The molecule has 0 aliphatic rings. The van der Waals surface area contributed by atoms with E-state index >= 15 is 0 Å². The standard InChI is InChI=1S/C12H18BrNO2/c1-14-6-8-16-7-5-10-9-11(13)3-4-12(10)15-2/h3-4,9,14H,5-8H2,1-2H3. The molecule has 0 heterocycles. The predicted octanol–water partition coefficient (Wildman–Crippen LogP) is 2.24. The van der Waals surface area contributed by atoms with Crippen LogP contribution in [0.5, 0.6) is 5.75 Å². The average molecular weight is 288 g/mol. The normalized spacial score (nSPS) is 10.4. The molecule has 1 rings (SSSR count). The van der Waals surface area contributed by atoms with Gasteiger partial charge in [-0.25, -0.2) is 0 Å². The van der Waals surface area contributed by atoms with Crippen LogP contribution in [0.25, 0.3) is 0 Å². The maximum Gasteiger partial charge on any atom is 0.122 e. The summed E-state index contributed by atoms with van der Waals surface area (Å²) in [5.41, 5.74) is 1.17. The van der Waals surface area contributed by atoms with Crippen molar-refractivity contribution in [1.82, 2.24) is 5.32 Å². The Balaban J connectivity index is 2.42. The van der Waals surface area contributed by atoms with Gasteiger partial charge in [0.05, 0.1) is 20.3 Å². The number of benzene rings is 1. The van der Waals surface area contributed by atoms with Crippen LogP contribution >= 0.6 is 15.9 Å². The lowest BCUT2D eigenvalue weighted by Crippen LogP contribution is -2.15. The lowest BCUT2D eigenvalue weighted by Gasteiger charge is -2.09. The lowest BCUT2D eigenvalue weighted by molar-refractivity contribution is 0.140. The number of rotatable bonds is 7. The maximum atomic E-state index is 5.48. The molecule has 0 aromatic heterocycles. The lowest BCUT2D eigenvalue weighted by atomic mass is 10.1. The second-order valence-electron chi connectivity index (χ2n) is 3.42. The smallest absolute Gasteiger partial charge is 0.122 e. The van der Waals surface area contributed by atoms with E-state index in [1.165, 1.54) is 5.56 Å². The minimum Gasteiger partial charge on any atom is -0.496 e. The molecule has 16 heavy (non-hydrogen) atoms. The van der Waals surface area contributed by atoms with Gasteiger partial charge >= 0.3 is 0 Å². The largest absolute Gasteiger partial charge is 0.496 e. The van der Waals surface area contributed by atoms with Crippen LogP contribution < -0.4 is 10.1 Å². The Morgan fingerprint density at radius 2 is 2.12 bits per heavy atom. The molecule has 0 amide bonds. The van der Waals surface area contributed by atoms with Crippen LogP contribution in [0.3, 0.4) is 0 Å². The molecule has 0 saturated heterocycles. The molecule has 90 valence electrons. The molecule has 0 fully saturated rings. The van der Waals surface area contributed by atoms with E-state index < -0.39 is 0 Å². The Bertz CT molecular complexity index is 318. The number of ether oxygens (including phenoxy) is 2. The van der Waals surface area contributed by atoms with Crippen molar-refractivity contribution in [1.29, 1.82) is 0 Å². The van der Waals surface area contributed by atoms with Crippen molar-refractivity contribution in [3.63, 3.8) is 0 Å².